The molecule has 4 aliphatic carbocycles. The number of carbonyl (C=O) groups is 1. The molecule has 0 bridgehead atoms. The van der Waals surface area contributed by atoms with Crippen LogP contribution in [-0.2, 0) is 9.63 Å². The first-order valence-electron chi connectivity index (χ1n) is 12.2. The van der Waals surface area contributed by atoms with Crippen molar-refractivity contribution in [3.05, 3.63) is 0 Å². The van der Waals surface area contributed by atoms with Crippen molar-refractivity contribution >= 4 is 11.5 Å². The average Bonchev–Trinajstić information content (AvgIpc) is 3.35. The van der Waals surface area contributed by atoms with Gasteiger partial charge in [0.05, 0.1) is 11.8 Å². The topological polar surface area (TPSA) is 91.2 Å². The van der Waals surface area contributed by atoms with Gasteiger partial charge in [-0.05, 0) is 74.2 Å². The van der Waals surface area contributed by atoms with E-state index < -0.39 is 17.7 Å². The third-order valence-corrected chi connectivity index (χ3v) is 10.0. The Hall–Kier alpha value is -1.05. The SMILES string of the molecule is C[C@]12CCC(=NOC3CCNC3)CC1[C@@H](CO)[C@@H](O)C1C2CC[C@]2(C)C(=O)C(F)CC12. The van der Waals surface area contributed by atoms with Crippen LogP contribution >= 0.6 is 0 Å². The molecule has 10 atom stereocenters. The van der Waals surface area contributed by atoms with Crippen LogP contribution in [0.15, 0.2) is 5.16 Å². The lowest BCUT2D eigenvalue weighted by Crippen LogP contribution is -2.62. The zero-order chi connectivity index (χ0) is 22.0. The zero-order valence-electron chi connectivity index (χ0n) is 18.7. The maximum atomic E-state index is 14.5. The van der Waals surface area contributed by atoms with E-state index in [2.05, 4.69) is 17.4 Å². The van der Waals surface area contributed by atoms with Gasteiger partial charge in [0.15, 0.2) is 12.0 Å². The number of ketones is 1. The number of aliphatic hydroxyl groups is 2. The third kappa shape index (κ3) is 3.21. The standard InChI is InChI=1S/C24H37FN2O4/c1-23-6-3-13(27-31-14-5-8-26-11-14)9-17(23)15(12-28)21(29)20-16(23)4-7-24(2)18(20)10-19(25)22(24)30/h14-21,26,28-29H,3-12H2,1-2H3/t14?,15-,16?,17?,18?,19?,20?,21-,23-,24+/m1/s1. The monoisotopic (exact) mass is 436 g/mol. The van der Waals surface area contributed by atoms with Crippen LogP contribution in [0.2, 0.25) is 0 Å². The van der Waals surface area contributed by atoms with Gasteiger partial charge in [0, 0.05) is 30.9 Å². The number of carbonyl (C=O) groups excluding carboxylic acids is 1. The number of aliphatic hydroxyl groups excluding tert-OH is 2. The largest absolute Gasteiger partial charge is 0.396 e. The van der Waals surface area contributed by atoms with E-state index in [1.807, 2.05) is 6.92 Å². The molecule has 5 aliphatic rings. The number of nitrogens with zero attached hydrogens (tertiary/aromatic N) is 1. The fourth-order valence-electron chi connectivity index (χ4n) is 8.19. The molecule has 0 aromatic carbocycles. The normalized spacial score (nSPS) is 53.2. The molecule has 1 heterocycles. The summed E-state index contributed by atoms with van der Waals surface area (Å²) in [6.45, 7) is 5.90. The Morgan fingerprint density at radius 1 is 1.23 bits per heavy atom. The predicted molar refractivity (Wildman–Crippen MR) is 114 cm³/mol. The van der Waals surface area contributed by atoms with Gasteiger partial charge in [0.1, 0.15) is 6.10 Å². The molecule has 0 radical (unpaired) electrons. The molecule has 4 saturated carbocycles. The number of halogens is 1. The van der Waals surface area contributed by atoms with E-state index in [0.717, 1.165) is 50.9 Å². The number of hydrogen-bond donors (Lipinski definition) is 3. The number of rotatable bonds is 3. The van der Waals surface area contributed by atoms with Gasteiger partial charge in [-0.1, -0.05) is 19.0 Å². The summed E-state index contributed by atoms with van der Waals surface area (Å²) in [6.07, 6.45) is 3.26. The molecule has 31 heavy (non-hydrogen) atoms. The number of hydrogen-bond acceptors (Lipinski definition) is 6. The van der Waals surface area contributed by atoms with Crippen LogP contribution in [0.25, 0.3) is 0 Å². The first-order valence-corrected chi connectivity index (χ1v) is 12.2. The van der Waals surface area contributed by atoms with Crippen LogP contribution in [0.5, 0.6) is 0 Å². The smallest absolute Gasteiger partial charge is 0.173 e. The lowest BCUT2D eigenvalue weighted by Gasteiger charge is -2.63. The molecule has 6 nitrogen and oxygen atoms in total. The fourth-order valence-corrected chi connectivity index (χ4v) is 8.19. The van der Waals surface area contributed by atoms with Crippen molar-refractivity contribution in [3.8, 4) is 0 Å². The summed E-state index contributed by atoms with van der Waals surface area (Å²) in [5, 5.41) is 29.6. The quantitative estimate of drug-likeness (QED) is 0.592. The Balaban J connectivity index is 1.42. The van der Waals surface area contributed by atoms with Gasteiger partial charge in [-0.3, -0.25) is 4.79 Å². The summed E-state index contributed by atoms with van der Waals surface area (Å²) < 4.78 is 14.5. The van der Waals surface area contributed by atoms with E-state index in [1.54, 1.807) is 0 Å². The van der Waals surface area contributed by atoms with Gasteiger partial charge in [-0.15, -0.1) is 0 Å². The third-order valence-electron chi connectivity index (χ3n) is 10.0. The Kier molecular flexibility index (Phi) is 5.46. The molecule has 3 N–H and O–H groups in total. The van der Waals surface area contributed by atoms with Crippen molar-refractivity contribution in [2.45, 2.75) is 77.2 Å². The minimum atomic E-state index is -1.41. The summed E-state index contributed by atoms with van der Waals surface area (Å²) in [6, 6.07) is 0. The predicted octanol–water partition coefficient (Wildman–Crippen LogP) is 2.47. The maximum absolute atomic E-state index is 14.5. The van der Waals surface area contributed by atoms with E-state index in [1.165, 1.54) is 0 Å². The zero-order valence-corrected chi connectivity index (χ0v) is 18.7. The van der Waals surface area contributed by atoms with Gasteiger partial charge in [-0.2, -0.15) is 0 Å². The summed E-state index contributed by atoms with van der Waals surface area (Å²) >= 11 is 0. The summed E-state index contributed by atoms with van der Waals surface area (Å²) in [4.78, 5) is 18.4. The maximum Gasteiger partial charge on any atom is 0.173 e. The van der Waals surface area contributed by atoms with Crippen molar-refractivity contribution in [1.29, 1.82) is 0 Å². The van der Waals surface area contributed by atoms with Gasteiger partial charge in [0.25, 0.3) is 0 Å². The highest BCUT2D eigenvalue weighted by molar-refractivity contribution is 5.91. The molecule has 174 valence electrons. The highest BCUT2D eigenvalue weighted by Gasteiger charge is 2.66. The molecule has 5 rings (SSSR count). The molecule has 0 spiro atoms. The van der Waals surface area contributed by atoms with Crippen molar-refractivity contribution < 1.29 is 24.2 Å². The summed E-state index contributed by atoms with van der Waals surface area (Å²) in [5.74, 6) is -0.444. The minimum absolute atomic E-state index is 0.0516. The highest BCUT2D eigenvalue weighted by Crippen LogP contribution is 2.66. The van der Waals surface area contributed by atoms with Crippen LogP contribution in [0.1, 0.15) is 58.8 Å². The number of oxime groups is 1. The summed E-state index contributed by atoms with van der Waals surface area (Å²) in [7, 11) is 0. The lowest BCUT2D eigenvalue weighted by molar-refractivity contribution is -0.188. The van der Waals surface area contributed by atoms with Crippen LogP contribution in [0, 0.1) is 40.4 Å². The molecule has 0 amide bonds. The molecular formula is C24H37FN2O4. The van der Waals surface area contributed by atoms with Crippen LogP contribution < -0.4 is 5.32 Å². The molecule has 7 heteroatoms. The number of alkyl halides is 1. The Bertz CT molecular complexity index is 756. The first kappa shape index (κ1) is 21.8. The van der Waals surface area contributed by atoms with E-state index in [0.29, 0.717) is 6.42 Å². The van der Waals surface area contributed by atoms with E-state index in [9.17, 15) is 19.4 Å². The number of fused-ring (bicyclic) bond motifs is 5. The lowest BCUT2D eigenvalue weighted by atomic mass is 9.42. The van der Waals surface area contributed by atoms with E-state index in [-0.39, 0.29) is 59.9 Å². The van der Waals surface area contributed by atoms with Crippen molar-refractivity contribution in [2.24, 2.45) is 45.6 Å². The molecule has 1 saturated heterocycles. The Morgan fingerprint density at radius 2 is 2.03 bits per heavy atom. The van der Waals surface area contributed by atoms with Crippen LogP contribution in [-0.4, -0.2) is 59.8 Å². The Morgan fingerprint density at radius 3 is 2.74 bits per heavy atom. The first-order chi connectivity index (χ1) is 14.8. The van der Waals surface area contributed by atoms with E-state index >= 15 is 0 Å². The van der Waals surface area contributed by atoms with Gasteiger partial charge < -0.3 is 20.4 Å². The second-order valence-electron chi connectivity index (χ2n) is 11.3. The van der Waals surface area contributed by atoms with Crippen LogP contribution in [0.4, 0.5) is 4.39 Å². The molecule has 1 aliphatic heterocycles. The molecule has 6 unspecified atom stereocenters. The summed E-state index contributed by atoms with van der Waals surface area (Å²) in [5.41, 5.74) is 0.304. The highest BCUT2D eigenvalue weighted by atomic mass is 19.1. The number of Topliss-reactive ketones (excluding diaryl/α,β-unsaturated/α-hetero) is 1. The van der Waals surface area contributed by atoms with Crippen molar-refractivity contribution in [2.75, 3.05) is 19.7 Å². The van der Waals surface area contributed by atoms with Gasteiger partial charge in [-0.25, -0.2) is 4.39 Å². The minimum Gasteiger partial charge on any atom is -0.396 e. The van der Waals surface area contributed by atoms with Gasteiger partial charge in [0.2, 0.25) is 0 Å². The Labute approximate surface area is 184 Å². The molecular weight excluding hydrogens is 399 g/mol. The second-order valence-corrected chi connectivity index (χ2v) is 11.3. The second kappa shape index (κ2) is 7.77. The van der Waals surface area contributed by atoms with Gasteiger partial charge >= 0.3 is 0 Å². The van der Waals surface area contributed by atoms with E-state index in [4.69, 9.17) is 4.84 Å². The molecule has 5 fully saturated rings. The van der Waals surface area contributed by atoms with Crippen LogP contribution in [0.3, 0.4) is 0 Å². The van der Waals surface area contributed by atoms with Crippen molar-refractivity contribution in [1.82, 2.24) is 5.32 Å². The molecule has 0 aromatic heterocycles. The number of nitrogens with one attached hydrogen (secondary N) is 1. The average molecular weight is 437 g/mol. The molecule has 0 aromatic rings. The fraction of sp³-hybridized carbons (Fsp3) is 0.917. The van der Waals surface area contributed by atoms with Crippen molar-refractivity contribution in [3.63, 3.8) is 0 Å².